The van der Waals surface area contributed by atoms with Crippen LogP contribution in [-0.2, 0) is 6.54 Å². The fourth-order valence-corrected chi connectivity index (χ4v) is 3.19. The molecule has 2 nitrogen and oxygen atoms in total. The van der Waals surface area contributed by atoms with Crippen LogP contribution >= 0.6 is 11.3 Å². The van der Waals surface area contributed by atoms with Crippen molar-refractivity contribution >= 4 is 11.3 Å². The Morgan fingerprint density at radius 1 is 1.10 bits per heavy atom. The van der Waals surface area contributed by atoms with Crippen LogP contribution in [0.25, 0.3) is 21.8 Å². The highest BCUT2D eigenvalue weighted by Gasteiger charge is 2.09. The van der Waals surface area contributed by atoms with E-state index in [1.54, 1.807) is 11.3 Å². The number of hydrogen-bond acceptors (Lipinski definition) is 3. The van der Waals surface area contributed by atoms with Crippen molar-refractivity contribution in [3.8, 4) is 21.8 Å². The summed E-state index contributed by atoms with van der Waals surface area (Å²) in [7, 11) is 0. The Bertz CT molecular complexity index is 774. The van der Waals surface area contributed by atoms with E-state index in [-0.39, 0.29) is 0 Å². The largest absolute Gasteiger partial charge is 0.326 e. The molecule has 106 valence electrons. The maximum Gasteiger partial charge on any atom is 0.124 e. The molecule has 3 rings (SSSR count). The number of thiazole rings is 1. The molecule has 0 unspecified atom stereocenters. The Hall–Kier alpha value is -1.97. The van der Waals surface area contributed by atoms with E-state index in [1.807, 2.05) is 12.1 Å². The molecule has 0 amide bonds. The molecule has 0 spiro atoms. The quantitative estimate of drug-likeness (QED) is 0.769. The lowest BCUT2D eigenvalue weighted by molar-refractivity contribution is 1.07. The second-order valence-corrected chi connectivity index (χ2v) is 6.12. The Labute approximate surface area is 129 Å². The number of nitrogens with zero attached hydrogens (tertiary/aromatic N) is 1. The van der Waals surface area contributed by atoms with Gasteiger partial charge in [-0.15, -0.1) is 11.3 Å². The zero-order valence-corrected chi connectivity index (χ0v) is 13.1. The first-order chi connectivity index (χ1) is 10.2. The van der Waals surface area contributed by atoms with Crippen molar-refractivity contribution in [2.24, 2.45) is 5.73 Å². The van der Waals surface area contributed by atoms with E-state index in [2.05, 4.69) is 49.6 Å². The third-order valence-electron chi connectivity index (χ3n) is 3.58. The van der Waals surface area contributed by atoms with Crippen LogP contribution in [0.5, 0.6) is 0 Å². The molecule has 21 heavy (non-hydrogen) atoms. The van der Waals surface area contributed by atoms with E-state index in [9.17, 15) is 0 Å². The zero-order chi connectivity index (χ0) is 14.8. The van der Waals surface area contributed by atoms with Gasteiger partial charge in [-0.05, 0) is 37.1 Å². The molecule has 0 bridgehead atoms. The van der Waals surface area contributed by atoms with Crippen LogP contribution < -0.4 is 5.73 Å². The number of aryl methyl sites for hydroxylation is 2. The molecule has 0 aliphatic rings. The van der Waals surface area contributed by atoms with Crippen molar-refractivity contribution in [3.63, 3.8) is 0 Å². The Kier molecular flexibility index (Phi) is 3.86. The summed E-state index contributed by atoms with van der Waals surface area (Å²) < 4.78 is 0. The molecule has 0 saturated carbocycles. The molecule has 2 N–H and O–H groups in total. The molecular weight excluding hydrogens is 276 g/mol. The summed E-state index contributed by atoms with van der Waals surface area (Å²) in [5.74, 6) is 0. The molecule has 3 heteroatoms. The zero-order valence-electron chi connectivity index (χ0n) is 12.3. The van der Waals surface area contributed by atoms with Crippen LogP contribution in [-0.4, -0.2) is 4.98 Å². The van der Waals surface area contributed by atoms with Gasteiger partial charge < -0.3 is 5.73 Å². The molecule has 1 aromatic heterocycles. The maximum absolute atomic E-state index is 5.71. The second-order valence-electron chi connectivity index (χ2n) is 5.26. The molecule has 0 fully saturated rings. The summed E-state index contributed by atoms with van der Waals surface area (Å²) in [5.41, 5.74) is 12.8. The number of rotatable bonds is 3. The topological polar surface area (TPSA) is 38.9 Å². The molecule has 3 aromatic rings. The Morgan fingerprint density at radius 3 is 2.76 bits per heavy atom. The maximum atomic E-state index is 5.71. The van der Waals surface area contributed by atoms with Crippen LogP contribution in [0.2, 0.25) is 0 Å². The van der Waals surface area contributed by atoms with Gasteiger partial charge in [0.05, 0.1) is 5.69 Å². The third-order valence-corrected chi connectivity index (χ3v) is 4.47. The predicted molar refractivity (Wildman–Crippen MR) is 90.4 cm³/mol. The van der Waals surface area contributed by atoms with E-state index < -0.39 is 0 Å². The first-order valence-electron chi connectivity index (χ1n) is 7.00. The molecule has 0 aliphatic carbocycles. The predicted octanol–water partition coefficient (Wildman–Crippen LogP) is 4.55. The summed E-state index contributed by atoms with van der Waals surface area (Å²) in [4.78, 5) is 4.81. The highest BCUT2D eigenvalue weighted by Crippen LogP contribution is 2.31. The fraction of sp³-hybridized carbons (Fsp3) is 0.167. The lowest BCUT2D eigenvalue weighted by atomic mass is 10.0. The van der Waals surface area contributed by atoms with Gasteiger partial charge in [-0.3, -0.25) is 0 Å². The summed E-state index contributed by atoms with van der Waals surface area (Å²) in [6, 6.07) is 14.8. The summed E-state index contributed by atoms with van der Waals surface area (Å²) in [5, 5.41) is 3.17. The minimum Gasteiger partial charge on any atom is -0.326 e. The average molecular weight is 294 g/mol. The van der Waals surface area contributed by atoms with Crippen molar-refractivity contribution in [2.75, 3.05) is 0 Å². The monoisotopic (exact) mass is 294 g/mol. The molecule has 0 aliphatic heterocycles. The van der Waals surface area contributed by atoms with Gasteiger partial charge in [0.15, 0.2) is 0 Å². The third kappa shape index (κ3) is 2.89. The number of nitrogens with two attached hydrogens (primary N) is 1. The smallest absolute Gasteiger partial charge is 0.124 e. The van der Waals surface area contributed by atoms with Gasteiger partial charge in [0, 0.05) is 23.1 Å². The van der Waals surface area contributed by atoms with Crippen molar-refractivity contribution in [3.05, 3.63) is 64.5 Å². The van der Waals surface area contributed by atoms with Crippen LogP contribution in [0.15, 0.2) is 47.8 Å². The molecular formula is C18H18N2S. The Morgan fingerprint density at radius 2 is 1.95 bits per heavy atom. The summed E-state index contributed by atoms with van der Waals surface area (Å²) >= 11 is 1.68. The van der Waals surface area contributed by atoms with E-state index in [0.717, 1.165) is 21.8 Å². The van der Waals surface area contributed by atoms with Crippen LogP contribution in [0.1, 0.15) is 16.7 Å². The van der Waals surface area contributed by atoms with Gasteiger partial charge >= 0.3 is 0 Å². The molecule has 0 radical (unpaired) electrons. The lowest BCUT2D eigenvalue weighted by Gasteiger charge is -2.04. The van der Waals surface area contributed by atoms with Gasteiger partial charge in [0.2, 0.25) is 0 Å². The van der Waals surface area contributed by atoms with Crippen molar-refractivity contribution < 1.29 is 0 Å². The highest BCUT2D eigenvalue weighted by atomic mass is 32.1. The van der Waals surface area contributed by atoms with Gasteiger partial charge in [-0.1, -0.05) is 35.9 Å². The lowest BCUT2D eigenvalue weighted by Crippen LogP contribution is -1.95. The number of aromatic nitrogens is 1. The minimum atomic E-state index is 0.559. The van der Waals surface area contributed by atoms with Crippen LogP contribution in [0.3, 0.4) is 0 Å². The SMILES string of the molecule is Cc1ccc(C)c(-c2csc(-c3cccc(CN)c3)n2)c1. The van der Waals surface area contributed by atoms with Crippen LogP contribution in [0.4, 0.5) is 0 Å². The van der Waals surface area contributed by atoms with Gasteiger partial charge in [0.25, 0.3) is 0 Å². The molecule has 0 saturated heterocycles. The first-order valence-corrected chi connectivity index (χ1v) is 7.88. The van der Waals surface area contributed by atoms with E-state index >= 15 is 0 Å². The van der Waals surface area contributed by atoms with Crippen LogP contribution in [0, 0.1) is 13.8 Å². The highest BCUT2D eigenvalue weighted by molar-refractivity contribution is 7.13. The van der Waals surface area contributed by atoms with Crippen molar-refractivity contribution in [1.29, 1.82) is 0 Å². The van der Waals surface area contributed by atoms with Gasteiger partial charge in [0.1, 0.15) is 5.01 Å². The summed E-state index contributed by atoms with van der Waals surface area (Å²) in [6.45, 7) is 4.80. The van der Waals surface area contributed by atoms with E-state index in [1.165, 1.54) is 16.7 Å². The first kappa shape index (κ1) is 14.0. The van der Waals surface area contributed by atoms with Crippen molar-refractivity contribution in [1.82, 2.24) is 4.98 Å². The van der Waals surface area contributed by atoms with Crippen molar-refractivity contribution in [2.45, 2.75) is 20.4 Å². The molecule has 0 atom stereocenters. The number of benzene rings is 2. The molecule has 1 heterocycles. The summed E-state index contributed by atoms with van der Waals surface area (Å²) in [6.07, 6.45) is 0. The Balaban J connectivity index is 2.01. The van der Waals surface area contributed by atoms with Gasteiger partial charge in [-0.2, -0.15) is 0 Å². The van der Waals surface area contributed by atoms with E-state index in [4.69, 9.17) is 10.7 Å². The van der Waals surface area contributed by atoms with Gasteiger partial charge in [-0.25, -0.2) is 4.98 Å². The molecule has 2 aromatic carbocycles. The number of hydrogen-bond donors (Lipinski definition) is 1. The minimum absolute atomic E-state index is 0.559. The average Bonchev–Trinajstić information content (AvgIpc) is 2.99. The second kappa shape index (κ2) is 5.80. The standard InChI is InChI=1S/C18H18N2S/c1-12-6-7-13(2)16(8-12)17-11-21-18(20-17)15-5-3-4-14(9-15)10-19/h3-9,11H,10,19H2,1-2H3. The normalized spacial score (nSPS) is 10.8. The van der Waals surface area contributed by atoms with E-state index in [0.29, 0.717) is 6.54 Å². The fourth-order valence-electron chi connectivity index (χ4n) is 2.37.